The minimum Gasteiger partial charge on any atom is -0.394 e. The maximum atomic E-state index is 15.0. The van der Waals surface area contributed by atoms with Gasteiger partial charge in [0.05, 0.1) is 34.7 Å². The highest BCUT2D eigenvalue weighted by Crippen LogP contribution is 2.67. The van der Waals surface area contributed by atoms with Crippen molar-refractivity contribution in [3.63, 3.8) is 0 Å². The molecular weight excluding hydrogens is 613 g/mol. The molecule has 3 aromatic rings. The van der Waals surface area contributed by atoms with Gasteiger partial charge in [-0.15, -0.1) is 30.0 Å². The number of carbonyl (C=O) groups is 3. The number of amides is 3. The zero-order chi connectivity index (χ0) is 33.3. The molecule has 3 saturated heterocycles. The third-order valence-corrected chi connectivity index (χ3v) is 11.8. The highest BCUT2D eigenvalue weighted by molar-refractivity contribution is 8.02. The number of aromatic nitrogens is 3. The molecule has 10 nitrogen and oxygen atoms in total. The van der Waals surface area contributed by atoms with Gasteiger partial charge in [0.2, 0.25) is 17.7 Å². The van der Waals surface area contributed by atoms with Gasteiger partial charge in [0, 0.05) is 24.9 Å². The minimum absolute atomic E-state index is 0.0817. The molecule has 6 rings (SSSR count). The summed E-state index contributed by atoms with van der Waals surface area (Å²) in [4.78, 5) is 49.4. The van der Waals surface area contributed by atoms with Crippen molar-refractivity contribution in [3.8, 4) is 0 Å². The second kappa shape index (κ2) is 13.6. The topological polar surface area (TPSA) is 112 Å². The van der Waals surface area contributed by atoms with Gasteiger partial charge in [-0.25, -0.2) is 4.68 Å². The number of aliphatic hydroxyl groups excluding tert-OH is 1. The summed E-state index contributed by atoms with van der Waals surface area (Å²) in [5, 5.41) is 19.2. The first-order valence-corrected chi connectivity index (χ1v) is 17.3. The van der Waals surface area contributed by atoms with E-state index in [1.165, 1.54) is 0 Å². The van der Waals surface area contributed by atoms with Crippen LogP contribution in [0.15, 0.2) is 79.9 Å². The Balaban J connectivity index is 1.38. The molecule has 3 amide bonds. The monoisotopic (exact) mass is 656 g/mol. The van der Waals surface area contributed by atoms with Crippen molar-refractivity contribution in [1.82, 2.24) is 29.7 Å². The molecular formula is C36H44N6O4S. The molecule has 3 aliphatic heterocycles. The van der Waals surface area contributed by atoms with E-state index in [1.807, 2.05) is 68.4 Å². The van der Waals surface area contributed by atoms with Gasteiger partial charge < -0.3 is 19.8 Å². The summed E-state index contributed by atoms with van der Waals surface area (Å²) in [7, 11) is 0. The molecule has 0 saturated carbocycles. The second-order valence-electron chi connectivity index (χ2n) is 13.3. The van der Waals surface area contributed by atoms with Gasteiger partial charge in [-0.2, -0.15) is 0 Å². The normalized spacial score (nSPS) is 25.3. The first-order chi connectivity index (χ1) is 22.7. The number of likely N-dealkylation sites (tertiary alicyclic amines) is 1. The fourth-order valence-corrected chi connectivity index (χ4v) is 10.2. The first-order valence-electron chi connectivity index (χ1n) is 16.5. The molecule has 248 valence electrons. The highest BCUT2D eigenvalue weighted by atomic mass is 32.2. The van der Waals surface area contributed by atoms with Crippen molar-refractivity contribution in [3.05, 3.63) is 85.5 Å². The van der Waals surface area contributed by atoms with E-state index < -0.39 is 28.7 Å². The van der Waals surface area contributed by atoms with Crippen LogP contribution in [-0.2, 0) is 27.6 Å². The number of nitrogens with zero attached hydrogens (tertiary/aromatic N) is 6. The van der Waals surface area contributed by atoms with Gasteiger partial charge in [0.15, 0.2) is 0 Å². The molecule has 2 aromatic carbocycles. The van der Waals surface area contributed by atoms with Crippen LogP contribution < -0.4 is 0 Å². The number of carbonyl (C=O) groups excluding carboxylic acids is 3. The van der Waals surface area contributed by atoms with E-state index in [-0.39, 0.29) is 48.7 Å². The summed E-state index contributed by atoms with van der Waals surface area (Å²) in [5.74, 6) is -1.59. The molecule has 6 atom stereocenters. The Hall–Kier alpha value is -3.96. The van der Waals surface area contributed by atoms with Crippen molar-refractivity contribution in [2.75, 3.05) is 19.7 Å². The van der Waals surface area contributed by atoms with Crippen LogP contribution in [-0.4, -0.2) is 94.3 Å². The van der Waals surface area contributed by atoms with Gasteiger partial charge >= 0.3 is 0 Å². The minimum atomic E-state index is -0.847. The van der Waals surface area contributed by atoms with Gasteiger partial charge in [-0.1, -0.05) is 73.7 Å². The van der Waals surface area contributed by atoms with E-state index in [0.29, 0.717) is 25.9 Å². The SMILES string of the molecule is C=CCN(Cn1nnc2ccccc21)C(=O)C1N([C@@H](CO)CC(C)C)C(=O)[C@@H]2[C@H](C(=O)N(CC=C)Cc3ccccc3)[C@@H]3CCC12S3. The third-order valence-electron chi connectivity index (χ3n) is 9.87. The van der Waals surface area contributed by atoms with Gasteiger partial charge in [0.25, 0.3) is 0 Å². The highest BCUT2D eigenvalue weighted by Gasteiger charge is 2.74. The lowest BCUT2D eigenvalue weighted by atomic mass is 9.70. The summed E-state index contributed by atoms with van der Waals surface area (Å²) < 4.78 is 0.896. The maximum absolute atomic E-state index is 15.0. The number of thioether (sulfide) groups is 1. The molecule has 3 aliphatic rings. The van der Waals surface area contributed by atoms with Crippen molar-refractivity contribution < 1.29 is 19.5 Å². The van der Waals surface area contributed by atoms with Crippen molar-refractivity contribution in [2.45, 2.75) is 68.4 Å². The van der Waals surface area contributed by atoms with Crippen LogP contribution in [0.2, 0.25) is 0 Å². The lowest BCUT2D eigenvalue weighted by Gasteiger charge is -2.40. The maximum Gasteiger partial charge on any atom is 0.248 e. The predicted octanol–water partition coefficient (Wildman–Crippen LogP) is 4.12. The van der Waals surface area contributed by atoms with E-state index >= 15 is 0 Å². The molecule has 2 bridgehead atoms. The third kappa shape index (κ3) is 5.88. The average molecular weight is 657 g/mol. The standard InChI is InChI=1S/C36H44N6O4S/c1-5-18-39(21-25-12-8-7-9-13-25)33(44)30-29-16-17-36(47-29)31(30)34(45)42(26(22-43)20-24(3)4)32(36)35(46)40(19-6-2)23-41-28-15-11-10-14-27(28)37-38-41/h5-15,24,26,29-32,43H,1-2,16-23H2,3-4H3/t26-,29+,30-,31+,32?,36?/m1/s1. The van der Waals surface area contributed by atoms with Crippen LogP contribution in [0.25, 0.3) is 11.0 Å². The van der Waals surface area contributed by atoms with Crippen LogP contribution in [0.5, 0.6) is 0 Å². The van der Waals surface area contributed by atoms with E-state index in [4.69, 9.17) is 0 Å². The number of aliphatic hydroxyl groups is 1. The molecule has 11 heteroatoms. The Morgan fingerprint density at radius 2 is 1.77 bits per heavy atom. The number of hydrogen-bond donors (Lipinski definition) is 1. The summed E-state index contributed by atoms with van der Waals surface area (Å²) in [5.41, 5.74) is 2.51. The Morgan fingerprint density at radius 1 is 1.06 bits per heavy atom. The Labute approximate surface area is 280 Å². The number of fused-ring (bicyclic) bond motifs is 2. The summed E-state index contributed by atoms with van der Waals surface area (Å²) in [6.07, 6.45) is 5.31. The summed E-state index contributed by atoms with van der Waals surface area (Å²) in [6, 6.07) is 16.0. The zero-order valence-electron chi connectivity index (χ0n) is 27.1. The van der Waals surface area contributed by atoms with E-state index in [2.05, 4.69) is 23.5 Å². The van der Waals surface area contributed by atoms with Crippen LogP contribution in [0.1, 0.15) is 38.7 Å². The Kier molecular flexibility index (Phi) is 9.57. The average Bonchev–Trinajstić information content (AvgIpc) is 3.82. The molecule has 2 unspecified atom stereocenters. The number of hydrogen-bond acceptors (Lipinski definition) is 7. The van der Waals surface area contributed by atoms with Gasteiger partial charge in [-0.3, -0.25) is 14.4 Å². The molecule has 3 fully saturated rings. The van der Waals surface area contributed by atoms with Crippen molar-refractivity contribution in [2.24, 2.45) is 17.8 Å². The quantitative estimate of drug-likeness (QED) is 0.260. The van der Waals surface area contributed by atoms with E-state index in [9.17, 15) is 19.5 Å². The van der Waals surface area contributed by atoms with Gasteiger partial charge in [0.1, 0.15) is 18.2 Å². The fraction of sp³-hybridized carbons (Fsp3) is 0.472. The summed E-state index contributed by atoms with van der Waals surface area (Å²) in [6.45, 7) is 12.8. The van der Waals surface area contributed by atoms with Crippen LogP contribution >= 0.6 is 11.8 Å². The lowest BCUT2D eigenvalue weighted by Crippen LogP contribution is -2.57. The largest absolute Gasteiger partial charge is 0.394 e. The number of rotatable bonds is 14. The zero-order valence-corrected chi connectivity index (χ0v) is 28.0. The number of benzene rings is 2. The second-order valence-corrected chi connectivity index (χ2v) is 14.9. The molecule has 0 radical (unpaired) electrons. The fourth-order valence-electron chi connectivity index (χ4n) is 8.00. The van der Waals surface area contributed by atoms with Crippen LogP contribution in [0, 0.1) is 17.8 Å². The molecule has 1 N–H and O–H groups in total. The van der Waals surface area contributed by atoms with Crippen molar-refractivity contribution in [1.29, 1.82) is 0 Å². The van der Waals surface area contributed by atoms with Crippen LogP contribution in [0.4, 0.5) is 0 Å². The Morgan fingerprint density at radius 3 is 2.47 bits per heavy atom. The predicted molar refractivity (Wildman–Crippen MR) is 183 cm³/mol. The molecule has 1 aromatic heterocycles. The Bertz CT molecular complexity index is 1640. The van der Waals surface area contributed by atoms with E-state index in [1.54, 1.807) is 43.3 Å². The molecule has 47 heavy (non-hydrogen) atoms. The number of para-hydroxylation sites is 1. The first kappa shape index (κ1) is 33.0. The molecule has 4 heterocycles. The van der Waals surface area contributed by atoms with E-state index in [0.717, 1.165) is 23.0 Å². The van der Waals surface area contributed by atoms with Crippen molar-refractivity contribution >= 4 is 40.5 Å². The molecule has 0 aliphatic carbocycles. The summed E-state index contributed by atoms with van der Waals surface area (Å²) >= 11 is 1.64. The molecule has 1 spiro atoms. The van der Waals surface area contributed by atoms with Gasteiger partial charge in [-0.05, 0) is 42.9 Å². The smallest absolute Gasteiger partial charge is 0.248 e. The van der Waals surface area contributed by atoms with Crippen LogP contribution in [0.3, 0.4) is 0 Å². The lowest BCUT2D eigenvalue weighted by molar-refractivity contribution is -0.148.